The maximum Gasteiger partial charge on any atom is 0.316 e. The number of nitrogens with zero attached hydrogens (tertiary/aromatic N) is 2. The average Bonchev–Trinajstić information content (AvgIpc) is 3.00. The van der Waals surface area contributed by atoms with Crippen molar-refractivity contribution in [1.29, 1.82) is 0 Å². The highest BCUT2D eigenvalue weighted by molar-refractivity contribution is 7.90. The maximum absolute atomic E-state index is 12.6. The Morgan fingerprint density at radius 2 is 1.83 bits per heavy atom. The van der Waals surface area contributed by atoms with E-state index in [1.165, 1.54) is 6.92 Å². The Bertz CT molecular complexity index is 1110. The Labute approximate surface area is 169 Å². The van der Waals surface area contributed by atoms with Crippen LogP contribution < -0.4 is 4.74 Å². The standard InChI is InChI=1S/C21H20N2O5S/c1-14(24)15-8-10-17(11-9-15)28-21(25)16-5-4-12-23(13-16)20-18-6-2-3-7-19(18)29(26,27)22-20/h2-3,6-11,16H,4-5,12-13H2,1H3/t16-/m0/s1. The van der Waals surface area contributed by atoms with Crippen molar-refractivity contribution in [1.82, 2.24) is 4.90 Å². The summed E-state index contributed by atoms with van der Waals surface area (Å²) in [7, 11) is -3.70. The van der Waals surface area contributed by atoms with E-state index in [9.17, 15) is 18.0 Å². The predicted octanol–water partition coefficient (Wildman–Crippen LogP) is 2.66. The molecule has 0 saturated carbocycles. The van der Waals surface area contributed by atoms with E-state index in [1.54, 1.807) is 48.5 Å². The quantitative estimate of drug-likeness (QED) is 0.437. The zero-order valence-corrected chi connectivity index (χ0v) is 16.7. The molecule has 2 aromatic carbocycles. The molecule has 2 aromatic rings. The van der Waals surface area contributed by atoms with Crippen LogP contribution in [-0.2, 0) is 14.8 Å². The number of esters is 1. The first kappa shape index (κ1) is 19.3. The van der Waals surface area contributed by atoms with Crippen molar-refractivity contribution in [2.45, 2.75) is 24.7 Å². The Morgan fingerprint density at radius 1 is 1.10 bits per heavy atom. The highest BCUT2D eigenvalue weighted by atomic mass is 32.2. The van der Waals surface area contributed by atoms with Gasteiger partial charge in [-0.3, -0.25) is 9.59 Å². The summed E-state index contributed by atoms with van der Waals surface area (Å²) >= 11 is 0. The summed E-state index contributed by atoms with van der Waals surface area (Å²) in [5, 5.41) is 0. The molecule has 1 atom stereocenters. The van der Waals surface area contributed by atoms with E-state index in [4.69, 9.17) is 4.74 Å². The van der Waals surface area contributed by atoms with Crippen molar-refractivity contribution in [3.63, 3.8) is 0 Å². The Hall–Kier alpha value is -3.00. The number of hydrogen-bond acceptors (Lipinski definition) is 6. The normalized spacial score (nSPS) is 20.0. The molecule has 0 N–H and O–H groups in total. The van der Waals surface area contributed by atoms with Gasteiger partial charge in [0.25, 0.3) is 10.0 Å². The third kappa shape index (κ3) is 3.80. The van der Waals surface area contributed by atoms with Gasteiger partial charge in [-0.15, -0.1) is 4.40 Å². The zero-order valence-electron chi connectivity index (χ0n) is 15.9. The number of sulfonamides is 1. The molecule has 0 bridgehead atoms. The lowest BCUT2D eigenvalue weighted by Crippen LogP contribution is -2.43. The third-order valence-electron chi connectivity index (χ3n) is 5.15. The average molecular weight is 412 g/mol. The third-order valence-corrected chi connectivity index (χ3v) is 6.47. The lowest BCUT2D eigenvalue weighted by atomic mass is 9.97. The summed E-state index contributed by atoms with van der Waals surface area (Å²) in [5.74, 6) is -0.0556. The fourth-order valence-electron chi connectivity index (χ4n) is 3.64. The van der Waals surface area contributed by atoms with Gasteiger partial charge >= 0.3 is 5.97 Å². The molecule has 1 fully saturated rings. The minimum atomic E-state index is -3.70. The second kappa shape index (κ2) is 7.44. The van der Waals surface area contributed by atoms with Gasteiger partial charge in [0.2, 0.25) is 0 Å². The Balaban J connectivity index is 1.49. The molecule has 4 rings (SSSR count). The highest BCUT2D eigenvalue weighted by Crippen LogP contribution is 2.30. The van der Waals surface area contributed by atoms with Gasteiger partial charge in [-0.25, -0.2) is 0 Å². The largest absolute Gasteiger partial charge is 0.426 e. The van der Waals surface area contributed by atoms with Gasteiger partial charge < -0.3 is 9.64 Å². The first-order chi connectivity index (χ1) is 13.8. The number of carbonyl (C=O) groups is 2. The summed E-state index contributed by atoms with van der Waals surface area (Å²) < 4.78 is 34.0. The molecule has 0 unspecified atom stereocenters. The molecular formula is C21H20N2O5S. The molecule has 0 radical (unpaired) electrons. The molecule has 0 spiro atoms. The number of benzene rings is 2. The van der Waals surface area contributed by atoms with Crippen molar-refractivity contribution in [2.24, 2.45) is 10.3 Å². The minimum absolute atomic E-state index is 0.0571. The SMILES string of the molecule is CC(=O)c1ccc(OC(=O)[C@H]2CCCN(C3=NS(=O)(=O)c4ccccc43)C2)cc1. The molecule has 29 heavy (non-hydrogen) atoms. The number of ketones is 1. The van der Waals surface area contributed by atoms with Gasteiger partial charge in [0.1, 0.15) is 10.6 Å². The number of likely N-dealkylation sites (tertiary alicyclic amines) is 1. The van der Waals surface area contributed by atoms with Crippen LogP contribution in [0, 0.1) is 5.92 Å². The summed E-state index contributed by atoms with van der Waals surface area (Å²) in [6.07, 6.45) is 1.38. The number of carbonyl (C=O) groups excluding carboxylic acids is 2. The van der Waals surface area contributed by atoms with E-state index >= 15 is 0 Å². The van der Waals surface area contributed by atoms with Crippen LogP contribution in [-0.4, -0.2) is 44.0 Å². The molecule has 2 aliphatic heterocycles. The smallest absolute Gasteiger partial charge is 0.316 e. The molecule has 0 aliphatic carbocycles. The van der Waals surface area contributed by atoms with Gasteiger partial charge in [0.05, 0.1) is 5.92 Å². The topological polar surface area (TPSA) is 93.1 Å². The van der Waals surface area contributed by atoms with Crippen LogP contribution in [0.1, 0.15) is 35.7 Å². The lowest BCUT2D eigenvalue weighted by molar-refractivity contribution is -0.140. The van der Waals surface area contributed by atoms with Crippen molar-refractivity contribution in [3.8, 4) is 5.75 Å². The molecule has 0 amide bonds. The van der Waals surface area contributed by atoms with Gasteiger partial charge in [-0.1, -0.05) is 12.1 Å². The molecule has 2 aliphatic rings. The summed E-state index contributed by atoms with van der Waals surface area (Å²) in [6, 6.07) is 13.1. The number of fused-ring (bicyclic) bond motifs is 1. The summed E-state index contributed by atoms with van der Waals surface area (Å²) in [5.41, 5.74) is 1.12. The van der Waals surface area contributed by atoms with E-state index < -0.39 is 15.9 Å². The summed E-state index contributed by atoms with van der Waals surface area (Å²) in [4.78, 5) is 26.0. The molecule has 2 heterocycles. The Morgan fingerprint density at radius 3 is 2.55 bits per heavy atom. The predicted molar refractivity (Wildman–Crippen MR) is 107 cm³/mol. The monoisotopic (exact) mass is 412 g/mol. The molecule has 1 saturated heterocycles. The van der Waals surface area contributed by atoms with Gasteiger partial charge in [0.15, 0.2) is 11.6 Å². The second-order valence-electron chi connectivity index (χ2n) is 7.17. The highest BCUT2D eigenvalue weighted by Gasteiger charge is 2.35. The van der Waals surface area contributed by atoms with Crippen LogP contribution in [0.25, 0.3) is 0 Å². The van der Waals surface area contributed by atoms with Crippen LogP contribution in [0.15, 0.2) is 57.8 Å². The molecule has 8 heteroatoms. The maximum atomic E-state index is 12.6. The first-order valence-electron chi connectivity index (χ1n) is 9.37. The number of rotatable bonds is 3. The van der Waals surface area contributed by atoms with E-state index in [0.29, 0.717) is 42.2 Å². The molecular weight excluding hydrogens is 392 g/mol. The van der Waals surface area contributed by atoms with Crippen LogP contribution >= 0.6 is 0 Å². The van der Waals surface area contributed by atoms with Crippen molar-refractivity contribution in [3.05, 3.63) is 59.7 Å². The fourth-order valence-corrected chi connectivity index (χ4v) is 4.86. The zero-order chi connectivity index (χ0) is 20.6. The fraction of sp³-hybridized carbons (Fsp3) is 0.286. The number of piperidine rings is 1. The van der Waals surface area contributed by atoms with Gasteiger partial charge in [-0.05, 0) is 56.2 Å². The van der Waals surface area contributed by atoms with Crippen molar-refractivity contribution in [2.75, 3.05) is 13.1 Å². The van der Waals surface area contributed by atoms with Crippen molar-refractivity contribution < 1.29 is 22.7 Å². The van der Waals surface area contributed by atoms with E-state index in [-0.39, 0.29) is 16.6 Å². The van der Waals surface area contributed by atoms with Crippen molar-refractivity contribution >= 4 is 27.6 Å². The van der Waals surface area contributed by atoms with E-state index in [2.05, 4.69) is 4.40 Å². The molecule has 7 nitrogen and oxygen atoms in total. The number of hydrogen-bond donors (Lipinski definition) is 0. The number of Topliss-reactive ketones (excluding diaryl/α,β-unsaturated/α-hetero) is 1. The van der Waals surface area contributed by atoms with E-state index in [1.807, 2.05) is 4.90 Å². The van der Waals surface area contributed by atoms with Crippen LogP contribution in [0.4, 0.5) is 0 Å². The molecule has 150 valence electrons. The van der Waals surface area contributed by atoms with Crippen LogP contribution in [0.2, 0.25) is 0 Å². The number of amidine groups is 1. The minimum Gasteiger partial charge on any atom is -0.426 e. The first-order valence-corrected chi connectivity index (χ1v) is 10.8. The summed E-state index contributed by atoms with van der Waals surface area (Å²) in [6.45, 7) is 2.44. The van der Waals surface area contributed by atoms with E-state index in [0.717, 1.165) is 6.42 Å². The van der Waals surface area contributed by atoms with Gasteiger partial charge in [-0.2, -0.15) is 8.42 Å². The van der Waals surface area contributed by atoms with Crippen LogP contribution in [0.3, 0.4) is 0 Å². The second-order valence-corrected chi connectivity index (χ2v) is 8.75. The number of ether oxygens (including phenoxy) is 1. The Kier molecular flexibility index (Phi) is 4.96. The van der Waals surface area contributed by atoms with Gasteiger partial charge in [0, 0.05) is 24.2 Å². The van der Waals surface area contributed by atoms with Crippen LogP contribution in [0.5, 0.6) is 5.75 Å². The lowest BCUT2D eigenvalue weighted by Gasteiger charge is -2.32. The molecule has 0 aromatic heterocycles.